The number of fused-ring (bicyclic) bond motifs is 2. The summed E-state index contributed by atoms with van der Waals surface area (Å²) >= 11 is 0. The lowest BCUT2D eigenvalue weighted by atomic mass is 9.99. The number of H-pyrrole nitrogens is 1. The van der Waals surface area contributed by atoms with Crippen LogP contribution in [0.2, 0.25) is 0 Å². The molecule has 1 aliphatic heterocycles. The molecule has 1 N–H and O–H groups in total. The molecule has 0 bridgehead atoms. The second kappa shape index (κ2) is 3.45. The zero-order chi connectivity index (χ0) is 12.0. The highest BCUT2D eigenvalue weighted by molar-refractivity contribution is 5.85. The molecule has 84 valence electrons. The number of nitrogens with one attached hydrogen (secondary N) is 1. The lowest BCUT2D eigenvalue weighted by Crippen LogP contribution is -2.12. The lowest BCUT2D eigenvalue weighted by molar-refractivity contribution is 1.25. The van der Waals surface area contributed by atoms with E-state index in [4.69, 9.17) is 0 Å². The van der Waals surface area contributed by atoms with Crippen molar-refractivity contribution >= 4 is 10.9 Å². The van der Waals surface area contributed by atoms with Crippen LogP contribution in [0.1, 0.15) is 11.1 Å². The molecule has 0 unspecified atom stereocenters. The van der Waals surface area contributed by atoms with Crippen LogP contribution in [0.4, 0.5) is 0 Å². The molecule has 0 saturated heterocycles. The molecular formula is C15H13NO. The molecule has 1 aliphatic carbocycles. The molecule has 0 radical (unpaired) electrons. The third-order valence-electron chi connectivity index (χ3n) is 3.36. The van der Waals surface area contributed by atoms with E-state index in [9.17, 15) is 4.79 Å². The summed E-state index contributed by atoms with van der Waals surface area (Å²) in [7, 11) is 0. The molecule has 0 saturated carbocycles. The number of aryl methyl sites for hydroxylation is 1. The monoisotopic (exact) mass is 223 g/mol. The number of para-hydroxylation sites is 1. The molecule has 2 heteroatoms. The zero-order valence-corrected chi connectivity index (χ0v) is 9.87. The first-order chi connectivity index (χ1) is 8.16. The Morgan fingerprint density at radius 1 is 1.06 bits per heavy atom. The van der Waals surface area contributed by atoms with E-state index >= 15 is 0 Å². The van der Waals surface area contributed by atoms with Gasteiger partial charge in [0, 0.05) is 16.6 Å². The maximum atomic E-state index is 12.2. The van der Waals surface area contributed by atoms with Gasteiger partial charge in [0.25, 0.3) is 0 Å². The predicted octanol–water partition coefficient (Wildman–Crippen LogP) is 3.25. The normalized spacial score (nSPS) is 11.2. The first-order valence-electron chi connectivity index (χ1n) is 5.69. The van der Waals surface area contributed by atoms with Crippen LogP contribution in [0.15, 0.2) is 41.2 Å². The van der Waals surface area contributed by atoms with Crippen molar-refractivity contribution in [3.63, 3.8) is 0 Å². The van der Waals surface area contributed by atoms with Crippen molar-refractivity contribution in [3.8, 4) is 11.3 Å². The van der Waals surface area contributed by atoms with E-state index in [-0.39, 0.29) is 5.43 Å². The van der Waals surface area contributed by atoms with Gasteiger partial charge in [0.05, 0.1) is 5.69 Å². The molecular weight excluding hydrogens is 210 g/mol. The second-order valence-electron chi connectivity index (χ2n) is 4.47. The van der Waals surface area contributed by atoms with Crippen molar-refractivity contribution in [2.45, 2.75) is 13.8 Å². The van der Waals surface area contributed by atoms with E-state index < -0.39 is 0 Å². The average Bonchev–Trinajstić information content (AvgIpc) is 2.34. The Morgan fingerprint density at radius 3 is 2.65 bits per heavy atom. The number of rotatable bonds is 0. The van der Waals surface area contributed by atoms with Gasteiger partial charge < -0.3 is 4.98 Å². The van der Waals surface area contributed by atoms with Crippen LogP contribution in [0.5, 0.6) is 0 Å². The van der Waals surface area contributed by atoms with Gasteiger partial charge in [-0.25, -0.2) is 0 Å². The minimum atomic E-state index is 0.127. The fraction of sp³-hybridized carbons (Fsp3) is 0.133. The zero-order valence-electron chi connectivity index (χ0n) is 9.87. The van der Waals surface area contributed by atoms with Crippen molar-refractivity contribution in [2.75, 3.05) is 0 Å². The third-order valence-corrected chi connectivity index (χ3v) is 3.36. The van der Waals surface area contributed by atoms with Crippen molar-refractivity contribution in [1.82, 2.24) is 4.98 Å². The van der Waals surface area contributed by atoms with Gasteiger partial charge in [-0.15, -0.1) is 0 Å². The fourth-order valence-electron chi connectivity index (χ4n) is 2.19. The molecule has 0 aromatic heterocycles. The summed E-state index contributed by atoms with van der Waals surface area (Å²) in [6.07, 6.45) is 0. The minimum Gasteiger partial charge on any atom is -0.354 e. The maximum absolute atomic E-state index is 12.2. The molecule has 0 atom stereocenters. The van der Waals surface area contributed by atoms with E-state index in [1.165, 1.54) is 0 Å². The molecule has 0 spiro atoms. The summed E-state index contributed by atoms with van der Waals surface area (Å²) in [5, 5.41) is 1.07. The topological polar surface area (TPSA) is 32.9 Å². The molecule has 2 nitrogen and oxygen atoms in total. The van der Waals surface area contributed by atoms with Gasteiger partial charge in [-0.2, -0.15) is 0 Å². The quantitative estimate of drug-likeness (QED) is 0.583. The van der Waals surface area contributed by atoms with E-state index in [1.54, 1.807) is 0 Å². The Bertz CT molecular complexity index is 740. The first kappa shape index (κ1) is 10.1. The van der Waals surface area contributed by atoms with Crippen molar-refractivity contribution in [3.05, 3.63) is 57.7 Å². The maximum Gasteiger partial charge on any atom is 0.191 e. The third kappa shape index (κ3) is 1.45. The van der Waals surface area contributed by atoms with Crippen molar-refractivity contribution in [2.24, 2.45) is 0 Å². The smallest absolute Gasteiger partial charge is 0.191 e. The van der Waals surface area contributed by atoms with Crippen LogP contribution in [0, 0.1) is 13.8 Å². The number of pyridine rings is 1. The molecule has 1 aromatic rings. The Hall–Kier alpha value is -2.09. The van der Waals surface area contributed by atoms with Crippen LogP contribution >= 0.6 is 0 Å². The van der Waals surface area contributed by atoms with Gasteiger partial charge in [-0.1, -0.05) is 18.2 Å². The van der Waals surface area contributed by atoms with Crippen LogP contribution < -0.4 is 5.43 Å². The van der Waals surface area contributed by atoms with E-state index in [0.717, 1.165) is 33.3 Å². The van der Waals surface area contributed by atoms with Crippen molar-refractivity contribution in [1.29, 1.82) is 0 Å². The highest BCUT2D eigenvalue weighted by Gasteiger charge is 2.11. The summed E-state index contributed by atoms with van der Waals surface area (Å²) in [4.78, 5) is 15.5. The fourth-order valence-corrected chi connectivity index (χ4v) is 2.19. The van der Waals surface area contributed by atoms with Gasteiger partial charge in [-0.05, 0) is 43.0 Å². The van der Waals surface area contributed by atoms with Crippen LogP contribution in [-0.2, 0) is 0 Å². The van der Waals surface area contributed by atoms with Crippen LogP contribution in [0.3, 0.4) is 0 Å². The molecule has 1 heterocycles. The Morgan fingerprint density at radius 2 is 1.82 bits per heavy atom. The molecule has 0 fully saturated rings. The molecule has 1 aromatic carbocycles. The summed E-state index contributed by atoms with van der Waals surface area (Å²) in [5.74, 6) is 0. The van der Waals surface area contributed by atoms with Gasteiger partial charge in [-0.3, -0.25) is 4.79 Å². The van der Waals surface area contributed by atoms with Crippen LogP contribution in [0.25, 0.3) is 22.2 Å². The van der Waals surface area contributed by atoms with E-state index in [1.807, 2.05) is 50.2 Å². The highest BCUT2D eigenvalue weighted by atomic mass is 16.1. The molecule has 0 amide bonds. The summed E-state index contributed by atoms with van der Waals surface area (Å²) < 4.78 is 0. The standard InChI is InChI=1S/C15H13NO/c1-9-7-14-12(15(17)10(9)2)8-11-5-3-4-6-13(11)16-14/h3-8,16H,1-2H3. The number of hydrogen-bond donors (Lipinski definition) is 1. The average molecular weight is 223 g/mol. The number of hydrogen-bond acceptors (Lipinski definition) is 1. The van der Waals surface area contributed by atoms with E-state index in [2.05, 4.69) is 4.98 Å². The number of benzene rings is 2. The number of aromatic amines is 1. The lowest BCUT2D eigenvalue weighted by Gasteiger charge is -2.10. The summed E-state index contributed by atoms with van der Waals surface area (Å²) in [6, 6.07) is 12.0. The van der Waals surface area contributed by atoms with Gasteiger partial charge in [0.15, 0.2) is 5.43 Å². The molecule has 17 heavy (non-hydrogen) atoms. The predicted molar refractivity (Wildman–Crippen MR) is 70.7 cm³/mol. The van der Waals surface area contributed by atoms with Gasteiger partial charge in [0.1, 0.15) is 0 Å². The Balaban J connectivity index is 2.53. The Kier molecular flexibility index (Phi) is 2.05. The summed E-state index contributed by atoms with van der Waals surface area (Å²) in [5.41, 5.74) is 4.74. The highest BCUT2D eigenvalue weighted by Crippen LogP contribution is 2.23. The number of aromatic nitrogens is 1. The largest absolute Gasteiger partial charge is 0.354 e. The molecule has 2 aliphatic rings. The minimum absolute atomic E-state index is 0.127. The first-order valence-corrected chi connectivity index (χ1v) is 5.69. The van der Waals surface area contributed by atoms with Crippen LogP contribution in [-0.4, -0.2) is 4.98 Å². The SMILES string of the molecule is Cc1cc2[nH]c3ccccc3cc-2c(=O)c1C. The van der Waals surface area contributed by atoms with Gasteiger partial charge in [0.2, 0.25) is 0 Å². The van der Waals surface area contributed by atoms with E-state index in [0.29, 0.717) is 0 Å². The van der Waals surface area contributed by atoms with Gasteiger partial charge >= 0.3 is 0 Å². The van der Waals surface area contributed by atoms with Crippen molar-refractivity contribution < 1.29 is 0 Å². The summed E-state index contributed by atoms with van der Waals surface area (Å²) in [6.45, 7) is 3.85. The molecule has 3 rings (SSSR count). The second-order valence-corrected chi connectivity index (χ2v) is 4.47. The Labute approximate surface area is 99.3 Å².